The smallest absolute Gasteiger partial charge is 0.182 e. The minimum absolute atomic E-state index is 0.235. The van der Waals surface area contributed by atoms with Crippen molar-refractivity contribution in [1.82, 2.24) is 5.32 Å². The molecule has 3 atom stereocenters. The summed E-state index contributed by atoms with van der Waals surface area (Å²) in [7, 11) is 4.40. The van der Waals surface area contributed by atoms with Crippen LogP contribution in [0.25, 0.3) is 0 Å². The monoisotopic (exact) mass is 175 g/mol. The highest BCUT2D eigenvalue weighted by molar-refractivity contribution is 7.56. The van der Waals surface area contributed by atoms with Gasteiger partial charge in [-0.25, -0.2) is 0 Å². The molecular formula is C6H15BNO2P. The van der Waals surface area contributed by atoms with Gasteiger partial charge in [-0.15, -0.1) is 0 Å². The first kappa shape index (κ1) is 9.46. The quantitative estimate of drug-likeness (QED) is 0.448. The van der Waals surface area contributed by atoms with E-state index >= 15 is 0 Å². The van der Waals surface area contributed by atoms with E-state index in [-0.39, 0.29) is 6.10 Å². The Balaban J connectivity index is 2.21. The highest BCUT2D eigenvalue weighted by Gasteiger charge is 2.20. The molecule has 0 aromatic carbocycles. The van der Waals surface area contributed by atoms with Crippen molar-refractivity contribution in [2.75, 3.05) is 26.8 Å². The standard InChI is InChI=1S/C6H15BNO2P/c1-9-4-5-2-8-3-6(7-11)10-5/h5-8H,2-4,11H2,1H3. The lowest BCUT2D eigenvalue weighted by atomic mass is 9.96. The van der Waals surface area contributed by atoms with Crippen molar-refractivity contribution in [3.05, 3.63) is 0 Å². The summed E-state index contributed by atoms with van der Waals surface area (Å²) in [5.41, 5.74) is 0. The van der Waals surface area contributed by atoms with Crippen LogP contribution < -0.4 is 5.32 Å². The Bertz CT molecular complexity index is 115. The number of rotatable bonds is 3. The van der Waals surface area contributed by atoms with Gasteiger partial charge in [0.1, 0.15) is 0 Å². The minimum Gasteiger partial charge on any atom is -0.382 e. The Morgan fingerprint density at radius 1 is 1.73 bits per heavy atom. The average Bonchev–Trinajstić information content (AvgIpc) is 2.06. The molecular weight excluding hydrogens is 160 g/mol. The summed E-state index contributed by atoms with van der Waals surface area (Å²) in [5.74, 6) is 0. The van der Waals surface area contributed by atoms with Crippen LogP contribution in [0.15, 0.2) is 0 Å². The number of morpholine rings is 1. The Kier molecular flexibility index (Phi) is 4.38. The van der Waals surface area contributed by atoms with Crippen LogP contribution in [-0.2, 0) is 9.47 Å². The lowest BCUT2D eigenvalue weighted by Gasteiger charge is -2.29. The molecule has 0 amide bonds. The Hall–Kier alpha value is 0.375. The first-order valence-electron chi connectivity index (χ1n) is 3.92. The summed E-state index contributed by atoms with van der Waals surface area (Å²) in [6.45, 7) is 3.56. The minimum atomic E-state index is 0.235. The Labute approximate surface area is 70.6 Å². The van der Waals surface area contributed by atoms with Crippen molar-refractivity contribution in [1.29, 1.82) is 0 Å². The summed E-state index contributed by atoms with van der Waals surface area (Å²) in [6, 6.07) is 0.342. The fourth-order valence-electron chi connectivity index (χ4n) is 1.20. The number of ether oxygens (including phenoxy) is 2. The van der Waals surface area contributed by atoms with Crippen LogP contribution in [0.4, 0.5) is 0 Å². The van der Waals surface area contributed by atoms with E-state index in [9.17, 15) is 0 Å². The third-order valence-electron chi connectivity index (χ3n) is 1.74. The molecule has 0 aromatic rings. The largest absolute Gasteiger partial charge is 0.382 e. The van der Waals surface area contributed by atoms with E-state index in [4.69, 9.17) is 9.47 Å². The molecule has 0 aromatic heterocycles. The van der Waals surface area contributed by atoms with Gasteiger partial charge in [0.15, 0.2) is 7.00 Å². The van der Waals surface area contributed by atoms with Crippen LogP contribution in [0.1, 0.15) is 0 Å². The van der Waals surface area contributed by atoms with Crippen molar-refractivity contribution in [3.63, 3.8) is 0 Å². The van der Waals surface area contributed by atoms with Gasteiger partial charge in [0.25, 0.3) is 0 Å². The van der Waals surface area contributed by atoms with Crippen LogP contribution >= 0.6 is 9.12 Å². The SMILES string of the molecule is COCC1CNCC(BP)O1. The molecule has 1 rings (SSSR count). The van der Waals surface area contributed by atoms with Crippen LogP contribution in [0, 0.1) is 0 Å². The molecule has 3 unspecified atom stereocenters. The molecule has 3 nitrogen and oxygen atoms in total. The zero-order chi connectivity index (χ0) is 8.10. The summed E-state index contributed by atoms with van der Waals surface area (Å²) < 4.78 is 10.7. The normalized spacial score (nSPS) is 31.8. The first-order valence-corrected chi connectivity index (χ1v) is 4.73. The topological polar surface area (TPSA) is 30.5 Å². The fourth-order valence-corrected chi connectivity index (χ4v) is 1.47. The van der Waals surface area contributed by atoms with E-state index in [1.54, 1.807) is 7.11 Å². The van der Waals surface area contributed by atoms with E-state index in [0.717, 1.165) is 20.1 Å². The highest BCUT2D eigenvalue weighted by Crippen LogP contribution is 2.04. The van der Waals surface area contributed by atoms with Crippen molar-refractivity contribution in [3.8, 4) is 0 Å². The maximum Gasteiger partial charge on any atom is 0.182 e. The first-order chi connectivity index (χ1) is 5.36. The van der Waals surface area contributed by atoms with E-state index in [1.165, 1.54) is 0 Å². The van der Waals surface area contributed by atoms with E-state index in [1.807, 2.05) is 0 Å². The molecule has 0 spiro atoms. The molecule has 0 bridgehead atoms. The highest BCUT2D eigenvalue weighted by atomic mass is 31.0. The van der Waals surface area contributed by atoms with Gasteiger partial charge in [-0.05, 0) is 0 Å². The van der Waals surface area contributed by atoms with Crippen LogP contribution in [-0.4, -0.2) is 45.9 Å². The molecule has 0 aliphatic carbocycles. The second-order valence-corrected chi connectivity index (χ2v) is 3.20. The molecule has 64 valence electrons. The predicted octanol–water partition coefficient (Wildman–Crippen LogP) is -0.826. The Morgan fingerprint density at radius 2 is 2.55 bits per heavy atom. The number of methoxy groups -OCH3 is 1. The maximum absolute atomic E-state index is 5.67. The molecule has 1 aliphatic rings. The average molecular weight is 175 g/mol. The third kappa shape index (κ3) is 3.08. The molecule has 11 heavy (non-hydrogen) atoms. The van der Waals surface area contributed by atoms with Crippen LogP contribution in [0.5, 0.6) is 0 Å². The number of nitrogens with one attached hydrogen (secondary N) is 1. The number of hydrogen-bond donors (Lipinski definition) is 1. The van der Waals surface area contributed by atoms with Gasteiger partial charge in [0.2, 0.25) is 0 Å². The second-order valence-electron chi connectivity index (χ2n) is 2.73. The molecule has 0 radical (unpaired) electrons. The summed E-state index contributed by atoms with van der Waals surface area (Å²) in [6.07, 6.45) is 0.235. The molecule has 5 heteroatoms. The molecule has 1 saturated heterocycles. The maximum atomic E-state index is 5.67. The van der Waals surface area contributed by atoms with Gasteiger partial charge >= 0.3 is 0 Å². The number of hydrogen-bond acceptors (Lipinski definition) is 3. The van der Waals surface area contributed by atoms with Gasteiger partial charge in [-0.3, -0.25) is 0 Å². The van der Waals surface area contributed by atoms with Gasteiger partial charge in [-0.1, -0.05) is 0 Å². The van der Waals surface area contributed by atoms with Gasteiger partial charge in [-0.2, -0.15) is 9.12 Å². The molecule has 1 heterocycles. The van der Waals surface area contributed by atoms with E-state index in [2.05, 4.69) is 14.4 Å². The Morgan fingerprint density at radius 3 is 3.18 bits per heavy atom. The second kappa shape index (κ2) is 5.10. The van der Waals surface area contributed by atoms with Crippen molar-refractivity contribution >= 4 is 16.1 Å². The summed E-state index contributed by atoms with van der Waals surface area (Å²) in [4.78, 5) is 0. The zero-order valence-corrected chi connectivity index (χ0v) is 8.03. The van der Waals surface area contributed by atoms with Crippen LogP contribution in [0.3, 0.4) is 0 Å². The molecule has 0 saturated carbocycles. The molecule has 1 N–H and O–H groups in total. The zero-order valence-electron chi connectivity index (χ0n) is 6.88. The predicted molar refractivity (Wildman–Crippen MR) is 50.3 cm³/mol. The fraction of sp³-hybridized carbons (Fsp3) is 1.00. The van der Waals surface area contributed by atoms with Gasteiger partial charge in [0, 0.05) is 26.2 Å². The van der Waals surface area contributed by atoms with Gasteiger partial charge in [0.05, 0.1) is 12.7 Å². The molecule has 1 aliphatic heterocycles. The summed E-state index contributed by atoms with van der Waals surface area (Å²) in [5, 5.41) is 3.30. The lowest BCUT2D eigenvalue weighted by molar-refractivity contribution is -0.0368. The van der Waals surface area contributed by atoms with E-state index in [0.29, 0.717) is 12.6 Å². The van der Waals surface area contributed by atoms with Crippen LogP contribution in [0.2, 0.25) is 0 Å². The van der Waals surface area contributed by atoms with Crippen molar-refractivity contribution in [2.45, 2.75) is 12.1 Å². The lowest BCUT2D eigenvalue weighted by Crippen LogP contribution is -2.47. The van der Waals surface area contributed by atoms with Crippen molar-refractivity contribution in [2.24, 2.45) is 0 Å². The third-order valence-corrected chi connectivity index (χ3v) is 2.27. The van der Waals surface area contributed by atoms with E-state index < -0.39 is 0 Å². The van der Waals surface area contributed by atoms with Gasteiger partial charge < -0.3 is 14.8 Å². The van der Waals surface area contributed by atoms with Crippen molar-refractivity contribution < 1.29 is 9.47 Å². The summed E-state index contributed by atoms with van der Waals surface area (Å²) >= 11 is 0. The molecule has 1 fully saturated rings.